The molecule has 1 fully saturated rings. The van der Waals surface area contributed by atoms with Gasteiger partial charge in [-0.2, -0.15) is 0 Å². The molecule has 1 amide bonds. The summed E-state index contributed by atoms with van der Waals surface area (Å²) < 4.78 is 10.7. The predicted octanol–water partition coefficient (Wildman–Crippen LogP) is 4.82. The van der Waals surface area contributed by atoms with Gasteiger partial charge in [0, 0.05) is 39.8 Å². The summed E-state index contributed by atoms with van der Waals surface area (Å²) in [6.07, 6.45) is 2.00. The first-order valence-corrected chi connectivity index (χ1v) is 8.75. The Morgan fingerprint density at radius 2 is 1.76 bits per heavy atom. The van der Waals surface area contributed by atoms with Crippen LogP contribution in [-0.4, -0.2) is 31.1 Å². The zero-order chi connectivity index (χ0) is 18.0. The largest absolute Gasteiger partial charge is 0.497 e. The molecular weight excluding hydrogens is 361 g/mol. The number of hydrogen-bond acceptors (Lipinski definition) is 3. The molecule has 0 heterocycles. The van der Waals surface area contributed by atoms with Gasteiger partial charge in [0.25, 0.3) is 5.91 Å². The average molecular weight is 380 g/mol. The lowest BCUT2D eigenvalue weighted by molar-refractivity contribution is 0.0728. The molecule has 0 bridgehead atoms. The second-order valence-electron chi connectivity index (χ2n) is 6.00. The molecule has 4 nitrogen and oxygen atoms in total. The highest BCUT2D eigenvalue weighted by Crippen LogP contribution is 2.33. The van der Waals surface area contributed by atoms with Crippen LogP contribution in [0.2, 0.25) is 10.0 Å². The summed E-state index contributed by atoms with van der Waals surface area (Å²) in [5.74, 6) is 1.33. The van der Waals surface area contributed by atoms with Crippen molar-refractivity contribution < 1.29 is 14.3 Å². The molecule has 0 aliphatic heterocycles. The molecular formula is C19H19Cl2NO3. The summed E-state index contributed by atoms with van der Waals surface area (Å²) in [7, 11) is 3.22. The molecule has 0 N–H and O–H groups in total. The van der Waals surface area contributed by atoms with E-state index in [0.29, 0.717) is 33.7 Å². The number of amides is 1. The first-order valence-electron chi connectivity index (χ1n) is 8.00. The van der Waals surface area contributed by atoms with E-state index < -0.39 is 0 Å². The minimum absolute atomic E-state index is 0.0789. The van der Waals surface area contributed by atoms with Crippen molar-refractivity contribution in [1.29, 1.82) is 0 Å². The van der Waals surface area contributed by atoms with Gasteiger partial charge in [-0.15, -0.1) is 0 Å². The third-order valence-electron chi connectivity index (χ3n) is 4.19. The Morgan fingerprint density at radius 3 is 2.32 bits per heavy atom. The van der Waals surface area contributed by atoms with Gasteiger partial charge in [-0.1, -0.05) is 23.2 Å². The first-order chi connectivity index (χ1) is 12.0. The van der Waals surface area contributed by atoms with Gasteiger partial charge in [0.2, 0.25) is 0 Å². The fourth-order valence-corrected chi connectivity index (χ4v) is 3.29. The fraction of sp³-hybridized carbons (Fsp3) is 0.316. The third-order valence-corrected chi connectivity index (χ3v) is 4.63. The van der Waals surface area contributed by atoms with Gasteiger partial charge >= 0.3 is 0 Å². The molecule has 6 heteroatoms. The standard InChI is InChI=1S/C19H19Cl2NO3/c1-24-17-6-3-12(18(10-17)25-2)11-22(16-4-5-16)19(23)13-7-14(20)9-15(21)8-13/h3,6-10,16H,4-5,11H2,1-2H3. The Bertz CT molecular complexity index is 770. The Balaban J connectivity index is 1.88. The molecule has 0 aromatic heterocycles. The minimum atomic E-state index is -0.0789. The van der Waals surface area contributed by atoms with Crippen molar-refractivity contribution in [1.82, 2.24) is 4.90 Å². The zero-order valence-electron chi connectivity index (χ0n) is 14.1. The second kappa shape index (κ2) is 7.54. The van der Waals surface area contributed by atoms with E-state index in [1.807, 2.05) is 23.1 Å². The van der Waals surface area contributed by atoms with Crippen LogP contribution in [0.5, 0.6) is 11.5 Å². The number of halogens is 2. The molecule has 0 saturated heterocycles. The summed E-state index contributed by atoms with van der Waals surface area (Å²) in [5.41, 5.74) is 1.42. The number of methoxy groups -OCH3 is 2. The van der Waals surface area contributed by atoms with Crippen molar-refractivity contribution in [2.24, 2.45) is 0 Å². The van der Waals surface area contributed by atoms with Crippen molar-refractivity contribution >= 4 is 29.1 Å². The lowest BCUT2D eigenvalue weighted by Gasteiger charge is -2.24. The number of hydrogen-bond donors (Lipinski definition) is 0. The summed E-state index contributed by atoms with van der Waals surface area (Å²) in [5, 5.41) is 0.905. The molecule has 0 unspecified atom stereocenters. The van der Waals surface area contributed by atoms with Crippen LogP contribution in [0.1, 0.15) is 28.8 Å². The van der Waals surface area contributed by atoms with Gasteiger partial charge in [-0.25, -0.2) is 0 Å². The quantitative estimate of drug-likeness (QED) is 0.722. The topological polar surface area (TPSA) is 38.8 Å². The molecule has 0 atom stereocenters. The van der Waals surface area contributed by atoms with Crippen molar-refractivity contribution in [3.63, 3.8) is 0 Å². The third kappa shape index (κ3) is 4.20. The van der Waals surface area contributed by atoms with Crippen LogP contribution in [-0.2, 0) is 6.54 Å². The van der Waals surface area contributed by atoms with Crippen LogP contribution in [0.3, 0.4) is 0 Å². The number of ether oxygens (including phenoxy) is 2. The van der Waals surface area contributed by atoms with Crippen LogP contribution >= 0.6 is 23.2 Å². The highest BCUT2D eigenvalue weighted by Gasteiger charge is 2.33. The average Bonchev–Trinajstić information content (AvgIpc) is 3.43. The summed E-state index contributed by atoms with van der Waals surface area (Å²) in [6, 6.07) is 10.8. The fourth-order valence-electron chi connectivity index (χ4n) is 2.76. The molecule has 132 valence electrons. The van der Waals surface area contributed by atoms with Crippen molar-refractivity contribution in [2.75, 3.05) is 14.2 Å². The maximum atomic E-state index is 13.0. The monoisotopic (exact) mass is 379 g/mol. The van der Waals surface area contributed by atoms with E-state index in [1.54, 1.807) is 32.4 Å². The first kappa shape index (κ1) is 17.9. The van der Waals surface area contributed by atoms with Crippen molar-refractivity contribution in [3.05, 3.63) is 57.6 Å². The molecule has 2 aromatic rings. The smallest absolute Gasteiger partial charge is 0.254 e. The number of carbonyl (C=O) groups is 1. The molecule has 2 aromatic carbocycles. The number of rotatable bonds is 6. The summed E-state index contributed by atoms with van der Waals surface area (Å²) in [6.45, 7) is 0.459. The van der Waals surface area contributed by atoms with Gasteiger partial charge in [-0.3, -0.25) is 4.79 Å². The van der Waals surface area contributed by atoms with Gasteiger partial charge < -0.3 is 14.4 Å². The van der Waals surface area contributed by atoms with Crippen LogP contribution in [0.25, 0.3) is 0 Å². The molecule has 0 spiro atoms. The van der Waals surface area contributed by atoms with Crippen LogP contribution in [0, 0.1) is 0 Å². The highest BCUT2D eigenvalue weighted by molar-refractivity contribution is 6.35. The normalized spacial score (nSPS) is 13.4. The van der Waals surface area contributed by atoms with Crippen molar-refractivity contribution in [2.45, 2.75) is 25.4 Å². The predicted molar refractivity (Wildman–Crippen MR) is 98.9 cm³/mol. The lowest BCUT2D eigenvalue weighted by Crippen LogP contribution is -2.32. The SMILES string of the molecule is COc1ccc(CN(C(=O)c2cc(Cl)cc(Cl)c2)C2CC2)c(OC)c1. The molecule has 0 radical (unpaired) electrons. The van der Waals surface area contributed by atoms with Gasteiger partial charge in [0.15, 0.2) is 0 Å². The molecule has 1 aliphatic carbocycles. The van der Waals surface area contributed by atoms with Gasteiger partial charge in [0.1, 0.15) is 11.5 Å². The Hall–Kier alpha value is -1.91. The summed E-state index contributed by atoms with van der Waals surface area (Å²) in [4.78, 5) is 14.9. The van der Waals surface area contributed by atoms with Crippen molar-refractivity contribution in [3.8, 4) is 11.5 Å². The molecule has 1 saturated carbocycles. The van der Waals surface area contributed by atoms with Crippen LogP contribution in [0.15, 0.2) is 36.4 Å². The maximum absolute atomic E-state index is 13.0. The van der Waals surface area contributed by atoms with E-state index in [9.17, 15) is 4.79 Å². The van der Waals surface area contributed by atoms with Crippen LogP contribution in [0.4, 0.5) is 0 Å². The lowest BCUT2D eigenvalue weighted by atomic mass is 10.1. The minimum Gasteiger partial charge on any atom is -0.497 e. The molecule has 25 heavy (non-hydrogen) atoms. The molecule has 3 rings (SSSR count). The van der Waals surface area contributed by atoms with E-state index in [4.69, 9.17) is 32.7 Å². The van der Waals surface area contributed by atoms with E-state index >= 15 is 0 Å². The number of carbonyl (C=O) groups excluding carboxylic acids is 1. The highest BCUT2D eigenvalue weighted by atomic mass is 35.5. The Morgan fingerprint density at radius 1 is 1.08 bits per heavy atom. The number of benzene rings is 2. The van der Waals surface area contributed by atoms with Gasteiger partial charge in [0.05, 0.1) is 14.2 Å². The van der Waals surface area contributed by atoms with Crippen LogP contribution < -0.4 is 9.47 Å². The van der Waals surface area contributed by atoms with E-state index in [1.165, 1.54) is 0 Å². The zero-order valence-corrected chi connectivity index (χ0v) is 15.6. The number of nitrogens with zero attached hydrogens (tertiary/aromatic N) is 1. The summed E-state index contributed by atoms with van der Waals surface area (Å²) >= 11 is 12.1. The van der Waals surface area contributed by atoms with E-state index in [-0.39, 0.29) is 11.9 Å². The molecule has 1 aliphatic rings. The maximum Gasteiger partial charge on any atom is 0.254 e. The van der Waals surface area contributed by atoms with Gasteiger partial charge in [-0.05, 0) is 43.2 Å². The van der Waals surface area contributed by atoms with E-state index in [2.05, 4.69) is 0 Å². The Kier molecular flexibility index (Phi) is 5.40. The Labute approximate surface area is 157 Å². The second-order valence-corrected chi connectivity index (χ2v) is 6.87. The van der Waals surface area contributed by atoms with E-state index in [0.717, 1.165) is 18.4 Å².